The van der Waals surface area contributed by atoms with Crippen molar-refractivity contribution in [1.82, 2.24) is 15.1 Å². The van der Waals surface area contributed by atoms with Crippen molar-refractivity contribution in [2.75, 3.05) is 32.7 Å². The van der Waals surface area contributed by atoms with Crippen LogP contribution in [0.2, 0.25) is 0 Å². The Morgan fingerprint density at radius 3 is 2.54 bits per heavy atom. The predicted molar refractivity (Wildman–Crippen MR) is 100 cm³/mol. The molecule has 1 unspecified atom stereocenters. The number of benzene rings is 1. The van der Waals surface area contributed by atoms with Gasteiger partial charge < -0.3 is 10.2 Å². The van der Waals surface area contributed by atoms with Gasteiger partial charge in [0.05, 0.1) is 0 Å². The number of piperazine rings is 1. The molecule has 1 aromatic carbocycles. The smallest absolute Gasteiger partial charge is 0.225 e. The van der Waals surface area contributed by atoms with E-state index in [1.54, 1.807) is 0 Å². The molecule has 2 fully saturated rings. The topological polar surface area (TPSA) is 35.6 Å². The van der Waals surface area contributed by atoms with E-state index in [0.717, 1.165) is 25.5 Å². The van der Waals surface area contributed by atoms with Gasteiger partial charge in [0.15, 0.2) is 0 Å². The van der Waals surface area contributed by atoms with Crippen molar-refractivity contribution in [1.29, 1.82) is 0 Å². The fourth-order valence-corrected chi connectivity index (χ4v) is 3.98. The molecule has 0 saturated carbocycles. The Morgan fingerprint density at radius 2 is 1.92 bits per heavy atom. The van der Waals surface area contributed by atoms with Crippen LogP contribution in [0.1, 0.15) is 38.3 Å². The molecule has 0 aliphatic carbocycles. The molecule has 0 bridgehead atoms. The van der Waals surface area contributed by atoms with Crippen molar-refractivity contribution in [3.05, 3.63) is 35.4 Å². The summed E-state index contributed by atoms with van der Waals surface area (Å²) in [5.74, 6) is -0.682. The first kappa shape index (κ1) is 21.1. The number of nitrogens with one attached hydrogen (secondary N) is 1. The zero-order chi connectivity index (χ0) is 18.0. The number of halogens is 3. The molecule has 2 aliphatic heterocycles. The highest BCUT2D eigenvalue weighted by Gasteiger charge is 2.31. The molecular formula is C19H28ClF2N3O. The minimum atomic E-state index is -0.555. The van der Waals surface area contributed by atoms with Crippen LogP contribution in [0, 0.1) is 17.6 Å². The summed E-state index contributed by atoms with van der Waals surface area (Å²) in [6.45, 7) is 7.72. The van der Waals surface area contributed by atoms with Crippen molar-refractivity contribution >= 4 is 18.3 Å². The van der Waals surface area contributed by atoms with Gasteiger partial charge in [-0.2, -0.15) is 0 Å². The minimum Gasteiger partial charge on any atom is -0.340 e. The molecular weight excluding hydrogens is 360 g/mol. The van der Waals surface area contributed by atoms with E-state index < -0.39 is 11.6 Å². The number of hydrogen-bond donors (Lipinski definition) is 1. The lowest BCUT2D eigenvalue weighted by atomic mass is 9.91. The molecule has 0 aromatic heterocycles. The third-order valence-corrected chi connectivity index (χ3v) is 5.56. The van der Waals surface area contributed by atoms with Crippen LogP contribution in [0.15, 0.2) is 18.2 Å². The highest BCUT2D eigenvalue weighted by Crippen LogP contribution is 2.26. The van der Waals surface area contributed by atoms with Crippen LogP contribution in [0.3, 0.4) is 0 Å². The molecule has 3 atom stereocenters. The number of amides is 1. The van der Waals surface area contributed by atoms with Gasteiger partial charge in [0.1, 0.15) is 11.6 Å². The third-order valence-electron chi connectivity index (χ3n) is 5.56. The first-order valence-corrected chi connectivity index (χ1v) is 9.17. The van der Waals surface area contributed by atoms with E-state index >= 15 is 0 Å². The lowest BCUT2D eigenvalue weighted by Crippen LogP contribution is -2.52. The second kappa shape index (κ2) is 9.11. The summed E-state index contributed by atoms with van der Waals surface area (Å²) >= 11 is 0. The highest BCUT2D eigenvalue weighted by molar-refractivity contribution is 5.85. The fourth-order valence-electron chi connectivity index (χ4n) is 3.98. The van der Waals surface area contributed by atoms with E-state index in [0.29, 0.717) is 37.8 Å². The summed E-state index contributed by atoms with van der Waals surface area (Å²) < 4.78 is 27.1. The van der Waals surface area contributed by atoms with Crippen molar-refractivity contribution in [3.63, 3.8) is 0 Å². The molecule has 26 heavy (non-hydrogen) atoms. The zero-order valence-electron chi connectivity index (χ0n) is 15.4. The van der Waals surface area contributed by atoms with Gasteiger partial charge in [-0.3, -0.25) is 9.69 Å². The minimum absolute atomic E-state index is 0. The number of carbonyl (C=O) groups is 1. The average Bonchev–Trinajstić information content (AvgIpc) is 2.61. The number of rotatable bonds is 3. The van der Waals surface area contributed by atoms with Crippen LogP contribution >= 0.6 is 12.4 Å². The molecule has 1 amide bonds. The molecule has 1 N–H and O–H groups in total. The summed E-state index contributed by atoms with van der Waals surface area (Å²) in [6.07, 6.45) is 1.80. The molecule has 2 saturated heterocycles. The summed E-state index contributed by atoms with van der Waals surface area (Å²) in [7, 11) is 0. The van der Waals surface area contributed by atoms with Crippen molar-refractivity contribution in [3.8, 4) is 0 Å². The van der Waals surface area contributed by atoms with Crippen molar-refractivity contribution < 1.29 is 13.6 Å². The van der Waals surface area contributed by atoms with Gasteiger partial charge in [-0.05, 0) is 39.3 Å². The Bertz CT molecular complexity index is 623. The Balaban J connectivity index is 0.00000243. The maximum Gasteiger partial charge on any atom is 0.225 e. The molecule has 7 heteroatoms. The van der Waals surface area contributed by atoms with Gasteiger partial charge in [-0.25, -0.2) is 8.78 Å². The van der Waals surface area contributed by atoms with Crippen LogP contribution in [0.25, 0.3) is 0 Å². The van der Waals surface area contributed by atoms with Crippen LogP contribution < -0.4 is 5.32 Å². The summed E-state index contributed by atoms with van der Waals surface area (Å²) in [5, 5.41) is 3.38. The lowest BCUT2D eigenvalue weighted by molar-refractivity contribution is -0.138. The molecule has 2 aliphatic rings. The Hall–Kier alpha value is -1.24. The molecule has 4 nitrogen and oxygen atoms in total. The van der Waals surface area contributed by atoms with Crippen LogP contribution in [-0.2, 0) is 4.79 Å². The Morgan fingerprint density at radius 1 is 1.23 bits per heavy atom. The normalized spacial score (nSPS) is 25.5. The van der Waals surface area contributed by atoms with E-state index in [1.807, 2.05) is 11.8 Å². The molecule has 1 aromatic rings. The number of carbonyl (C=O) groups excluding carboxylic acids is 1. The first-order chi connectivity index (χ1) is 12.0. The number of hydrogen-bond acceptors (Lipinski definition) is 3. The first-order valence-electron chi connectivity index (χ1n) is 9.17. The second-order valence-electron chi connectivity index (χ2n) is 7.28. The number of nitrogens with zero attached hydrogens (tertiary/aromatic N) is 2. The van der Waals surface area contributed by atoms with Gasteiger partial charge in [-0.1, -0.05) is 6.07 Å². The van der Waals surface area contributed by atoms with Gasteiger partial charge >= 0.3 is 0 Å². The van der Waals surface area contributed by atoms with Crippen molar-refractivity contribution in [2.24, 2.45) is 5.92 Å². The van der Waals surface area contributed by atoms with Crippen LogP contribution in [-0.4, -0.2) is 54.5 Å². The third kappa shape index (κ3) is 4.72. The average molecular weight is 388 g/mol. The maximum absolute atomic E-state index is 14.0. The standard InChI is InChI=1S/C19H27F2N3O.ClH/c1-13-11-15(5-6-22-13)19(25)24-9-7-23(8-10-24)14(2)17-4-3-16(20)12-18(17)21;/h3-4,12-15,22H,5-11H2,1-2H3;1H/t13-,14?,15-;/m0./s1. The molecule has 3 rings (SSSR count). The summed E-state index contributed by atoms with van der Waals surface area (Å²) in [6, 6.07) is 4.02. The van der Waals surface area contributed by atoms with Gasteiger partial charge in [0, 0.05) is 55.8 Å². The maximum atomic E-state index is 14.0. The molecule has 2 heterocycles. The van der Waals surface area contributed by atoms with E-state index in [2.05, 4.69) is 17.1 Å². The largest absolute Gasteiger partial charge is 0.340 e. The Kier molecular flexibility index (Phi) is 7.38. The molecule has 0 spiro atoms. The predicted octanol–water partition coefficient (Wildman–Crippen LogP) is 2.98. The van der Waals surface area contributed by atoms with Gasteiger partial charge in [0.25, 0.3) is 0 Å². The summed E-state index contributed by atoms with van der Waals surface area (Å²) in [5.41, 5.74) is 0.508. The van der Waals surface area contributed by atoms with Crippen LogP contribution in [0.5, 0.6) is 0 Å². The highest BCUT2D eigenvalue weighted by atomic mass is 35.5. The van der Waals surface area contributed by atoms with Gasteiger partial charge in [-0.15, -0.1) is 12.4 Å². The van der Waals surface area contributed by atoms with E-state index in [-0.39, 0.29) is 30.3 Å². The lowest BCUT2D eigenvalue weighted by Gasteiger charge is -2.40. The van der Waals surface area contributed by atoms with E-state index in [9.17, 15) is 13.6 Å². The fraction of sp³-hybridized carbons (Fsp3) is 0.632. The monoisotopic (exact) mass is 387 g/mol. The molecule has 0 radical (unpaired) electrons. The Labute approximate surface area is 160 Å². The quantitative estimate of drug-likeness (QED) is 0.866. The zero-order valence-corrected chi connectivity index (χ0v) is 16.2. The van der Waals surface area contributed by atoms with E-state index in [4.69, 9.17) is 0 Å². The van der Waals surface area contributed by atoms with Crippen LogP contribution in [0.4, 0.5) is 8.78 Å². The number of piperidine rings is 1. The molecule has 146 valence electrons. The van der Waals surface area contributed by atoms with Crippen molar-refractivity contribution in [2.45, 2.75) is 38.8 Å². The van der Waals surface area contributed by atoms with Gasteiger partial charge in [0.2, 0.25) is 5.91 Å². The second-order valence-corrected chi connectivity index (χ2v) is 7.28. The SMILES string of the molecule is CC(c1ccc(F)cc1F)N1CCN(C(=O)[C@H]2CCN[C@@H](C)C2)CC1.Cl. The van der Waals surface area contributed by atoms with E-state index in [1.165, 1.54) is 12.1 Å². The summed E-state index contributed by atoms with van der Waals surface area (Å²) in [4.78, 5) is 16.8.